The van der Waals surface area contributed by atoms with E-state index in [1.165, 1.54) is 5.32 Å². The summed E-state index contributed by atoms with van der Waals surface area (Å²) in [5.74, 6) is -0.0261. The zero-order valence-corrected chi connectivity index (χ0v) is 7.73. The summed E-state index contributed by atoms with van der Waals surface area (Å²) in [5, 5.41) is 3.42. The van der Waals surface area contributed by atoms with Gasteiger partial charge >= 0.3 is 5.91 Å². The number of hydrogen-bond donors (Lipinski definition) is 1. The fourth-order valence-electron chi connectivity index (χ4n) is 1.55. The molecule has 0 aliphatic carbocycles. The van der Waals surface area contributed by atoms with Crippen LogP contribution < -0.4 is 5.32 Å². The van der Waals surface area contributed by atoms with E-state index in [9.17, 15) is 4.79 Å². The van der Waals surface area contributed by atoms with Gasteiger partial charge in [0.1, 0.15) is 0 Å². The average Bonchev–Trinajstić information content (AvgIpc) is 2.27. The maximum absolute atomic E-state index is 11.5. The molecule has 0 aliphatic rings. The summed E-state index contributed by atoms with van der Waals surface area (Å²) in [7, 11) is 3.49. The van der Waals surface area contributed by atoms with Crippen LogP contribution >= 0.6 is 0 Å². The van der Waals surface area contributed by atoms with Gasteiger partial charge < -0.3 is 5.32 Å². The Kier molecular flexibility index (Phi) is 2.29. The van der Waals surface area contributed by atoms with Gasteiger partial charge in [-0.15, -0.1) is 7.05 Å². The maximum Gasteiger partial charge on any atom is 0.317 e. The summed E-state index contributed by atoms with van der Waals surface area (Å²) >= 11 is 0. The molecule has 0 saturated heterocycles. The summed E-state index contributed by atoms with van der Waals surface area (Å²) in [6.45, 7) is 0. The molecule has 0 radical (unpaired) electrons. The molecule has 0 heterocycles. The van der Waals surface area contributed by atoms with Gasteiger partial charge in [-0.2, -0.15) is 0 Å². The molecular weight excluding hydrogens is 174 g/mol. The Balaban J connectivity index is 2.71. The third-order valence-electron chi connectivity index (χ3n) is 2.24. The van der Waals surface area contributed by atoms with Crippen molar-refractivity contribution in [2.45, 2.75) is 0 Å². The molecule has 1 amide bonds. The Morgan fingerprint density at radius 3 is 2.57 bits per heavy atom. The van der Waals surface area contributed by atoms with E-state index in [4.69, 9.17) is 0 Å². The highest BCUT2D eigenvalue weighted by molar-refractivity contribution is 6.02. The van der Waals surface area contributed by atoms with Crippen molar-refractivity contribution in [2.75, 3.05) is 0 Å². The molecular formula is C12H11NO. The summed E-state index contributed by atoms with van der Waals surface area (Å²) in [4.78, 5) is 11.5. The lowest BCUT2D eigenvalue weighted by Crippen LogP contribution is -2.81. The van der Waals surface area contributed by atoms with Crippen LogP contribution in [0.2, 0.25) is 0 Å². The highest BCUT2D eigenvalue weighted by Crippen LogP contribution is 2.17. The number of carbonyl (C=O) groups is 1. The first kappa shape index (κ1) is 8.91. The van der Waals surface area contributed by atoms with Crippen molar-refractivity contribution >= 4 is 16.7 Å². The van der Waals surface area contributed by atoms with Crippen molar-refractivity contribution in [3.05, 3.63) is 55.1 Å². The lowest BCUT2D eigenvalue weighted by Gasteiger charge is -2.03. The Hall–Kier alpha value is -1.67. The highest BCUT2D eigenvalue weighted by atomic mass is 16.1. The van der Waals surface area contributed by atoms with E-state index >= 15 is 0 Å². The molecule has 2 N–H and O–H groups in total. The van der Waals surface area contributed by atoms with Crippen molar-refractivity contribution in [1.29, 1.82) is 0 Å². The van der Waals surface area contributed by atoms with Crippen LogP contribution in [0, 0.1) is 7.05 Å². The predicted molar refractivity (Wildman–Crippen MR) is 55.6 cm³/mol. The number of primary amides is 1. The van der Waals surface area contributed by atoms with Crippen LogP contribution in [0.1, 0.15) is 10.4 Å². The largest absolute Gasteiger partial charge is 0.411 e. The molecule has 0 saturated carbocycles. The van der Waals surface area contributed by atoms with Crippen LogP contribution in [0.15, 0.2) is 42.5 Å². The summed E-state index contributed by atoms with van der Waals surface area (Å²) in [5.41, 5.74) is 0.720. The lowest BCUT2D eigenvalue weighted by atomic mass is 10.0. The van der Waals surface area contributed by atoms with Gasteiger partial charge in [0.15, 0.2) is 0 Å². The Morgan fingerprint density at radius 1 is 1.07 bits per heavy atom. The molecule has 0 spiro atoms. The zero-order valence-electron chi connectivity index (χ0n) is 7.73. The number of carbonyl (C=O) groups excluding carboxylic acids is 1. The number of quaternary nitrogens is 1. The second kappa shape index (κ2) is 3.60. The normalized spacial score (nSPS) is 10.4. The smallest absolute Gasteiger partial charge is 0.317 e. The second-order valence-electron chi connectivity index (χ2n) is 3.10. The van der Waals surface area contributed by atoms with Crippen molar-refractivity contribution in [1.82, 2.24) is 0 Å². The number of rotatable bonds is 1. The summed E-state index contributed by atoms with van der Waals surface area (Å²) in [6, 6.07) is 13.6. The number of amides is 1. The second-order valence-corrected chi connectivity index (χ2v) is 3.10. The molecule has 2 aromatic rings. The van der Waals surface area contributed by atoms with Gasteiger partial charge in [0, 0.05) is 0 Å². The van der Waals surface area contributed by atoms with E-state index in [-0.39, 0.29) is 5.91 Å². The van der Waals surface area contributed by atoms with Crippen LogP contribution in [0.3, 0.4) is 0 Å². The standard InChI is InChI=1S/C12H11NO/c1-13-12(14)11-8-4-6-9-5-2-3-7-10(9)11/h2-8H,1,13H2. The first-order valence-corrected chi connectivity index (χ1v) is 4.47. The number of benzene rings is 2. The van der Waals surface area contributed by atoms with Crippen molar-refractivity contribution in [3.63, 3.8) is 0 Å². The minimum Gasteiger partial charge on any atom is -0.411 e. The molecule has 0 bridgehead atoms. The molecule has 0 atom stereocenters. The number of nitrogens with two attached hydrogens (primary N) is 1. The highest BCUT2D eigenvalue weighted by Gasteiger charge is 2.08. The molecule has 2 heteroatoms. The first-order chi connectivity index (χ1) is 6.83. The average molecular weight is 185 g/mol. The van der Waals surface area contributed by atoms with Gasteiger partial charge in [0.2, 0.25) is 0 Å². The van der Waals surface area contributed by atoms with E-state index in [0.29, 0.717) is 0 Å². The van der Waals surface area contributed by atoms with E-state index in [1.807, 2.05) is 42.5 Å². The molecule has 0 fully saturated rings. The van der Waals surface area contributed by atoms with Crippen LogP contribution in [-0.4, -0.2) is 5.91 Å². The monoisotopic (exact) mass is 185 g/mol. The molecule has 0 aliphatic heterocycles. The first-order valence-electron chi connectivity index (χ1n) is 4.47. The van der Waals surface area contributed by atoms with Crippen LogP contribution in [0.4, 0.5) is 0 Å². The molecule has 2 rings (SSSR count). The predicted octanol–water partition coefficient (Wildman–Crippen LogP) is 1.33. The lowest BCUT2D eigenvalue weighted by molar-refractivity contribution is -0.489. The van der Waals surface area contributed by atoms with Gasteiger partial charge in [0.05, 0.1) is 5.56 Å². The van der Waals surface area contributed by atoms with Gasteiger partial charge in [-0.3, -0.25) is 0 Å². The molecule has 2 nitrogen and oxygen atoms in total. The van der Waals surface area contributed by atoms with Gasteiger partial charge in [-0.05, 0) is 16.8 Å². The fraction of sp³-hybridized carbons (Fsp3) is 0. The minimum atomic E-state index is -0.0261. The number of fused-ring (bicyclic) bond motifs is 1. The summed E-state index contributed by atoms with van der Waals surface area (Å²) in [6.07, 6.45) is 0. The third kappa shape index (κ3) is 1.40. The molecule has 70 valence electrons. The minimum absolute atomic E-state index is 0.0261. The van der Waals surface area contributed by atoms with Crippen molar-refractivity contribution < 1.29 is 10.1 Å². The molecule has 0 aromatic heterocycles. The van der Waals surface area contributed by atoms with Crippen LogP contribution in [0.25, 0.3) is 10.8 Å². The van der Waals surface area contributed by atoms with E-state index in [2.05, 4.69) is 7.05 Å². The van der Waals surface area contributed by atoms with Gasteiger partial charge in [-0.25, -0.2) is 4.79 Å². The molecule has 14 heavy (non-hydrogen) atoms. The number of hydrogen-bond acceptors (Lipinski definition) is 1. The Morgan fingerprint density at radius 2 is 1.79 bits per heavy atom. The third-order valence-corrected chi connectivity index (χ3v) is 2.24. The van der Waals surface area contributed by atoms with Gasteiger partial charge in [0.25, 0.3) is 0 Å². The van der Waals surface area contributed by atoms with Crippen molar-refractivity contribution in [2.24, 2.45) is 0 Å². The van der Waals surface area contributed by atoms with Gasteiger partial charge in [-0.1, -0.05) is 36.4 Å². The quantitative estimate of drug-likeness (QED) is 0.668. The topological polar surface area (TPSA) is 33.7 Å². The van der Waals surface area contributed by atoms with Crippen molar-refractivity contribution in [3.8, 4) is 0 Å². The Bertz CT molecular complexity index is 471. The zero-order chi connectivity index (χ0) is 9.97. The van der Waals surface area contributed by atoms with Crippen LogP contribution in [-0.2, 0) is 0 Å². The SMILES string of the molecule is [CH2-][NH2+]C(=O)c1cccc2ccccc12. The molecule has 2 aromatic carbocycles. The Labute approximate surface area is 82.6 Å². The molecule has 0 unspecified atom stereocenters. The summed E-state index contributed by atoms with van der Waals surface area (Å²) < 4.78 is 0. The fourth-order valence-corrected chi connectivity index (χ4v) is 1.55. The maximum atomic E-state index is 11.5. The van der Waals surface area contributed by atoms with E-state index in [1.54, 1.807) is 0 Å². The van der Waals surface area contributed by atoms with E-state index < -0.39 is 0 Å². The van der Waals surface area contributed by atoms with Crippen LogP contribution in [0.5, 0.6) is 0 Å². The van der Waals surface area contributed by atoms with E-state index in [0.717, 1.165) is 16.3 Å².